The molecule has 4 aromatic carbocycles. The van der Waals surface area contributed by atoms with Crippen molar-refractivity contribution in [1.82, 2.24) is 0 Å². The van der Waals surface area contributed by atoms with Gasteiger partial charge in [0.2, 0.25) is 0 Å². The molecule has 0 saturated carbocycles. The van der Waals surface area contributed by atoms with E-state index in [1.807, 2.05) is 48.5 Å². The smallest absolute Gasteiger partial charge is 0.469 e. The second-order valence-corrected chi connectivity index (χ2v) is 27.8. The summed E-state index contributed by atoms with van der Waals surface area (Å²) in [5.41, 5.74) is 6.75. The maximum absolute atomic E-state index is 11.9. The number of phosphoric acid groups is 4. The topological polar surface area (TPSA) is 304 Å². The van der Waals surface area contributed by atoms with E-state index in [0.29, 0.717) is 67.5 Å². The van der Waals surface area contributed by atoms with Crippen LogP contribution in [0.4, 0.5) is 0 Å². The summed E-state index contributed by atoms with van der Waals surface area (Å²) in [5.74, 6) is 1.44. The normalized spacial score (nSPS) is 14.2. The van der Waals surface area contributed by atoms with Gasteiger partial charge in [-0.3, -0.25) is 18.1 Å². The number of rotatable bonds is 20. The minimum absolute atomic E-state index is 0.115. The van der Waals surface area contributed by atoms with Crippen molar-refractivity contribution in [3.8, 4) is 23.0 Å². The first-order chi connectivity index (χ1) is 34.7. The van der Waals surface area contributed by atoms with Gasteiger partial charge in [-0.15, -0.1) is 0 Å². The highest BCUT2D eigenvalue weighted by Gasteiger charge is 2.30. The van der Waals surface area contributed by atoms with Gasteiger partial charge in [-0.05, 0) is 88.4 Å². The van der Waals surface area contributed by atoms with Gasteiger partial charge >= 0.3 is 31.3 Å². The molecule has 0 spiro atoms. The van der Waals surface area contributed by atoms with Crippen LogP contribution >= 0.6 is 31.3 Å². The fourth-order valence-electron chi connectivity index (χ4n) is 8.56. The number of ether oxygens (including phenoxy) is 4. The molecule has 0 amide bonds. The molecule has 0 aromatic heterocycles. The van der Waals surface area contributed by atoms with Crippen molar-refractivity contribution in [2.45, 2.75) is 130 Å². The van der Waals surface area contributed by atoms with Gasteiger partial charge in [-0.25, -0.2) is 18.3 Å². The summed E-state index contributed by atoms with van der Waals surface area (Å²) in [6.07, 6.45) is 0.460. The number of fused-ring (bicyclic) bond motifs is 8. The quantitative estimate of drug-likeness (QED) is 0.0266. The number of benzene rings is 4. The van der Waals surface area contributed by atoms with E-state index in [9.17, 15) is 57.4 Å². The number of phosphoric ester groups is 4. The highest BCUT2D eigenvalue weighted by molar-refractivity contribution is 7.47. The second-order valence-electron chi connectivity index (χ2n) is 22.9. The second kappa shape index (κ2) is 24.5. The third-order valence-electron chi connectivity index (χ3n) is 12.3. The van der Waals surface area contributed by atoms with E-state index in [0.717, 1.165) is 22.3 Å². The van der Waals surface area contributed by atoms with Crippen LogP contribution in [0.1, 0.15) is 150 Å². The van der Waals surface area contributed by atoms with E-state index in [2.05, 4.69) is 83.1 Å². The van der Waals surface area contributed by atoms with Crippen LogP contribution in [0.15, 0.2) is 48.5 Å². The lowest BCUT2D eigenvalue weighted by Gasteiger charge is -2.29. The molecule has 24 heteroatoms. The predicted molar refractivity (Wildman–Crippen MR) is 286 cm³/mol. The van der Waals surface area contributed by atoms with E-state index in [1.54, 1.807) is 0 Å². The lowest BCUT2D eigenvalue weighted by Crippen LogP contribution is -2.19. The minimum atomic E-state index is -4.90. The maximum Gasteiger partial charge on any atom is 0.469 e. The summed E-state index contributed by atoms with van der Waals surface area (Å²) < 4.78 is 93.3. The first kappa shape index (κ1) is 63.4. The zero-order valence-electron chi connectivity index (χ0n) is 45.4. The fraction of sp³-hybridized carbons (Fsp3) is 0.538. The Balaban J connectivity index is 2.00. The molecule has 0 heterocycles. The Morgan fingerprint density at radius 3 is 0.566 bits per heavy atom. The van der Waals surface area contributed by atoms with E-state index in [-0.39, 0.29) is 52.1 Å². The van der Waals surface area contributed by atoms with Gasteiger partial charge in [0.1, 0.15) is 49.4 Å². The highest BCUT2D eigenvalue weighted by atomic mass is 31.2. The maximum atomic E-state index is 11.9. The van der Waals surface area contributed by atoms with Crippen LogP contribution in [0.5, 0.6) is 23.0 Å². The molecule has 0 saturated heterocycles. The summed E-state index contributed by atoms with van der Waals surface area (Å²) in [6.45, 7) is 21.5. The van der Waals surface area contributed by atoms with Crippen molar-refractivity contribution in [2.24, 2.45) is 0 Å². The van der Waals surface area contributed by atoms with Gasteiger partial charge in [0.25, 0.3) is 0 Å². The molecule has 0 fully saturated rings. The molecule has 0 aliphatic heterocycles. The molecule has 1 aliphatic carbocycles. The molecule has 1 aliphatic rings. The third kappa shape index (κ3) is 19.4. The van der Waals surface area contributed by atoms with E-state index < -0.39 is 79.4 Å². The largest absolute Gasteiger partial charge is 0.491 e. The first-order valence-electron chi connectivity index (χ1n) is 24.6. The van der Waals surface area contributed by atoms with Crippen molar-refractivity contribution < 1.29 is 94.4 Å². The van der Waals surface area contributed by atoms with E-state index in [4.69, 9.17) is 37.0 Å². The molecule has 0 atom stereocenters. The van der Waals surface area contributed by atoms with Crippen molar-refractivity contribution in [2.75, 3.05) is 52.9 Å². The van der Waals surface area contributed by atoms with Gasteiger partial charge < -0.3 is 58.1 Å². The summed E-state index contributed by atoms with van der Waals surface area (Å²) >= 11 is 0. The Bertz CT molecular complexity index is 2400. The first-order valence-corrected chi connectivity index (χ1v) is 30.8. The van der Waals surface area contributed by atoms with Crippen LogP contribution < -0.4 is 18.9 Å². The fourth-order valence-corrected chi connectivity index (χ4v) is 9.81. The Hall–Kier alpha value is -3.48. The van der Waals surface area contributed by atoms with Gasteiger partial charge in [0.05, 0.1) is 26.4 Å². The standard InChI is InChI=1S/C52H76O20P4/c1-49(2,3)41-25-33-21-35-27-42(50(4,5)6)29-37(46(35)66-14-18-70-74(56,57)58)23-39-31-44(52(10,11)12)32-40(48(39)68-16-20-72-76(62,63)64)24-38-30-43(51(7,8)9)28-36(47(38)67-15-19-71-75(59,60)61)22-34(26-41)45(33)65-13-17-69-73(53,54)55/h25-32H,13-24H2,1-12H3,(H2,53,54,55)(H2,56,57,58)(H2,59,60,61)(H2,62,63,64). The van der Waals surface area contributed by atoms with Crippen LogP contribution in [0, 0.1) is 0 Å². The van der Waals surface area contributed by atoms with Crippen molar-refractivity contribution in [3.05, 3.63) is 115 Å². The molecule has 424 valence electrons. The molecule has 0 radical (unpaired) electrons. The molecular formula is C52H76O20P4. The van der Waals surface area contributed by atoms with Crippen LogP contribution in [0.25, 0.3) is 0 Å². The van der Waals surface area contributed by atoms with Gasteiger partial charge in [-0.1, -0.05) is 132 Å². The number of hydrogen-bond donors (Lipinski definition) is 8. The summed E-state index contributed by atoms with van der Waals surface area (Å²) in [7, 11) is -19.6. The van der Waals surface area contributed by atoms with Gasteiger partial charge in [-0.2, -0.15) is 0 Å². The monoisotopic (exact) mass is 1140 g/mol. The minimum Gasteiger partial charge on any atom is -0.491 e. The van der Waals surface area contributed by atoms with Crippen LogP contribution in [0.3, 0.4) is 0 Å². The summed E-state index contributed by atoms with van der Waals surface area (Å²) in [6, 6.07) is 16.0. The lowest BCUT2D eigenvalue weighted by molar-refractivity contribution is 0.159. The average Bonchev–Trinajstić information content (AvgIpc) is 3.23. The predicted octanol–water partition coefficient (Wildman–Crippen LogP) is 9.51. The molecule has 8 bridgehead atoms. The number of hydrogen-bond acceptors (Lipinski definition) is 12. The van der Waals surface area contributed by atoms with Crippen LogP contribution in [-0.4, -0.2) is 92.0 Å². The molecule has 0 unspecified atom stereocenters. The van der Waals surface area contributed by atoms with Gasteiger partial charge in [0, 0.05) is 25.7 Å². The van der Waals surface area contributed by atoms with Crippen molar-refractivity contribution in [3.63, 3.8) is 0 Å². The lowest BCUT2D eigenvalue weighted by atomic mass is 9.79. The molecule has 20 nitrogen and oxygen atoms in total. The third-order valence-corrected chi connectivity index (χ3v) is 14.4. The molecule has 76 heavy (non-hydrogen) atoms. The molecule has 4 aromatic rings. The Morgan fingerprint density at radius 2 is 0.447 bits per heavy atom. The van der Waals surface area contributed by atoms with Crippen molar-refractivity contribution >= 4 is 31.3 Å². The Labute approximate surface area is 445 Å². The van der Waals surface area contributed by atoms with E-state index >= 15 is 0 Å². The van der Waals surface area contributed by atoms with E-state index in [1.165, 1.54) is 0 Å². The zero-order chi connectivity index (χ0) is 57.0. The summed E-state index contributed by atoms with van der Waals surface area (Å²) in [4.78, 5) is 77.1. The molecular weight excluding hydrogens is 1070 g/mol. The molecule has 8 N–H and O–H groups in total. The SMILES string of the molecule is CC(C)(C)c1cc2c(OCCOP(=O)(O)O)c(c1)Cc1cc(C(C)(C)C)cc(c1OCCOP(=O)(O)O)Cc1cc(C(C)(C)C)cc(c1OCCOP(=O)(O)O)Cc1cc(C(C)(C)C)cc(c1OCCOP(=O)(O)O)C2. The summed E-state index contributed by atoms with van der Waals surface area (Å²) in [5, 5.41) is 0. The average molecular weight is 1150 g/mol. The zero-order valence-corrected chi connectivity index (χ0v) is 48.9. The van der Waals surface area contributed by atoms with Crippen LogP contribution in [0.2, 0.25) is 0 Å². The highest BCUT2D eigenvalue weighted by Crippen LogP contribution is 2.46. The van der Waals surface area contributed by atoms with Crippen molar-refractivity contribution in [1.29, 1.82) is 0 Å². The van der Waals surface area contributed by atoms with Crippen LogP contribution in [-0.2, 0) is 83.7 Å². The van der Waals surface area contributed by atoms with Gasteiger partial charge in [0.15, 0.2) is 0 Å². The Kier molecular flexibility index (Phi) is 20.4. The Morgan fingerprint density at radius 1 is 0.303 bits per heavy atom. The molecule has 5 rings (SSSR count).